The van der Waals surface area contributed by atoms with Crippen molar-refractivity contribution in [3.8, 4) is 11.4 Å². The first-order valence-electron chi connectivity index (χ1n) is 6.37. The van der Waals surface area contributed by atoms with Crippen LogP contribution in [0.15, 0.2) is 36.7 Å². The summed E-state index contributed by atoms with van der Waals surface area (Å²) in [6.07, 6.45) is 1.47. The van der Waals surface area contributed by atoms with Crippen LogP contribution in [0.4, 0.5) is 0 Å². The lowest BCUT2D eigenvalue weighted by molar-refractivity contribution is 1.16. The maximum atomic E-state index is 6.15. The molecule has 3 aromatic heterocycles. The van der Waals surface area contributed by atoms with Crippen molar-refractivity contribution >= 4 is 43.4 Å². The zero-order chi connectivity index (χ0) is 14.4. The second-order valence-electron chi connectivity index (χ2n) is 4.62. The predicted octanol–water partition coefficient (Wildman–Crippen LogP) is 4.26. The number of aryl methyl sites for hydroxylation is 1. The fourth-order valence-electron chi connectivity index (χ4n) is 2.33. The number of hydrogen-bond donors (Lipinski definition) is 0. The number of nitrogens with zero attached hydrogens (tertiary/aromatic N) is 4. The number of rotatable bonds is 1. The highest BCUT2D eigenvalue weighted by Crippen LogP contribution is 2.36. The molecule has 21 heavy (non-hydrogen) atoms. The Morgan fingerprint density at radius 1 is 1.05 bits per heavy atom. The Hall–Kier alpha value is -2.11. The van der Waals surface area contributed by atoms with Crippen LogP contribution in [0.25, 0.3) is 31.8 Å². The third kappa shape index (κ3) is 1.97. The van der Waals surface area contributed by atoms with Crippen molar-refractivity contribution in [2.45, 2.75) is 6.92 Å². The van der Waals surface area contributed by atoms with E-state index < -0.39 is 0 Å². The van der Waals surface area contributed by atoms with E-state index in [9.17, 15) is 0 Å². The van der Waals surface area contributed by atoms with E-state index in [1.165, 1.54) is 17.7 Å². The molecule has 0 spiro atoms. The van der Waals surface area contributed by atoms with Gasteiger partial charge in [0.15, 0.2) is 5.82 Å². The van der Waals surface area contributed by atoms with E-state index >= 15 is 0 Å². The molecule has 6 heteroatoms. The van der Waals surface area contributed by atoms with Crippen molar-refractivity contribution < 1.29 is 0 Å². The number of fused-ring (bicyclic) bond motifs is 3. The Morgan fingerprint density at radius 2 is 1.86 bits per heavy atom. The Labute approximate surface area is 129 Å². The summed E-state index contributed by atoms with van der Waals surface area (Å²) in [7, 11) is 0. The van der Waals surface area contributed by atoms with Gasteiger partial charge in [-0.2, -0.15) is 0 Å². The SMILES string of the molecule is Cc1nc(-c2ccccc2)nc2sc3c(Cl)ncnc3c12. The van der Waals surface area contributed by atoms with Gasteiger partial charge in [0.1, 0.15) is 16.3 Å². The molecule has 0 unspecified atom stereocenters. The zero-order valence-electron chi connectivity index (χ0n) is 11.0. The third-order valence-electron chi connectivity index (χ3n) is 3.28. The molecule has 4 aromatic rings. The van der Waals surface area contributed by atoms with Crippen molar-refractivity contribution in [3.63, 3.8) is 0 Å². The lowest BCUT2D eigenvalue weighted by Gasteiger charge is -2.02. The largest absolute Gasteiger partial charge is 0.235 e. The first kappa shape index (κ1) is 12.6. The quantitative estimate of drug-likeness (QED) is 0.493. The highest BCUT2D eigenvalue weighted by molar-refractivity contribution is 7.26. The highest BCUT2D eigenvalue weighted by Gasteiger charge is 2.15. The van der Waals surface area contributed by atoms with Crippen LogP contribution in [0, 0.1) is 6.92 Å². The van der Waals surface area contributed by atoms with E-state index in [0.29, 0.717) is 5.15 Å². The molecular weight excluding hydrogens is 304 g/mol. The number of halogens is 1. The van der Waals surface area contributed by atoms with Gasteiger partial charge in [-0.05, 0) is 6.92 Å². The first-order chi connectivity index (χ1) is 10.2. The average molecular weight is 313 g/mol. The van der Waals surface area contributed by atoms with Crippen LogP contribution in [0.3, 0.4) is 0 Å². The molecule has 1 aromatic carbocycles. The molecule has 102 valence electrons. The van der Waals surface area contributed by atoms with Crippen LogP contribution in [0.5, 0.6) is 0 Å². The monoisotopic (exact) mass is 312 g/mol. The van der Waals surface area contributed by atoms with Gasteiger partial charge >= 0.3 is 0 Å². The number of benzene rings is 1. The summed E-state index contributed by atoms with van der Waals surface area (Å²) >= 11 is 7.65. The Kier molecular flexibility index (Phi) is 2.83. The van der Waals surface area contributed by atoms with Crippen LogP contribution in [-0.4, -0.2) is 19.9 Å². The second-order valence-corrected chi connectivity index (χ2v) is 5.98. The molecule has 0 bridgehead atoms. The maximum absolute atomic E-state index is 6.15. The molecule has 0 aliphatic heterocycles. The van der Waals surface area contributed by atoms with Crippen LogP contribution in [0.2, 0.25) is 5.15 Å². The molecule has 0 amide bonds. The van der Waals surface area contributed by atoms with Gasteiger partial charge in [-0.3, -0.25) is 0 Å². The minimum Gasteiger partial charge on any atom is -0.235 e. The Bertz CT molecular complexity index is 966. The molecule has 0 saturated heterocycles. The summed E-state index contributed by atoms with van der Waals surface area (Å²) in [5.41, 5.74) is 2.73. The fourth-order valence-corrected chi connectivity index (χ4v) is 3.64. The van der Waals surface area contributed by atoms with Crippen molar-refractivity contribution in [2.75, 3.05) is 0 Å². The number of thiophene rings is 1. The minimum atomic E-state index is 0.462. The van der Waals surface area contributed by atoms with Gasteiger partial charge in [-0.25, -0.2) is 19.9 Å². The molecule has 0 fully saturated rings. The number of aromatic nitrogens is 4. The summed E-state index contributed by atoms with van der Waals surface area (Å²) < 4.78 is 0.858. The summed E-state index contributed by atoms with van der Waals surface area (Å²) in [4.78, 5) is 18.5. The van der Waals surface area contributed by atoms with Gasteiger partial charge in [-0.15, -0.1) is 11.3 Å². The number of hydrogen-bond acceptors (Lipinski definition) is 5. The van der Waals surface area contributed by atoms with Crippen molar-refractivity contribution in [1.29, 1.82) is 0 Å². The van der Waals surface area contributed by atoms with Crippen molar-refractivity contribution in [2.24, 2.45) is 0 Å². The summed E-state index contributed by atoms with van der Waals surface area (Å²) in [5, 5.41) is 1.42. The van der Waals surface area contributed by atoms with Gasteiger partial charge < -0.3 is 0 Å². The molecule has 4 nitrogen and oxygen atoms in total. The van der Waals surface area contributed by atoms with Gasteiger partial charge in [-0.1, -0.05) is 41.9 Å². The smallest absolute Gasteiger partial charge is 0.161 e. The fraction of sp³-hybridized carbons (Fsp3) is 0.0667. The molecule has 0 aliphatic carbocycles. The van der Waals surface area contributed by atoms with Gasteiger partial charge in [0.2, 0.25) is 0 Å². The summed E-state index contributed by atoms with van der Waals surface area (Å²) in [6, 6.07) is 9.93. The minimum absolute atomic E-state index is 0.462. The van der Waals surface area contributed by atoms with Gasteiger partial charge in [0.25, 0.3) is 0 Å². The van der Waals surface area contributed by atoms with E-state index in [0.717, 1.165) is 37.5 Å². The van der Waals surface area contributed by atoms with Crippen LogP contribution < -0.4 is 0 Å². The van der Waals surface area contributed by atoms with Crippen LogP contribution >= 0.6 is 22.9 Å². The molecule has 3 heterocycles. The topological polar surface area (TPSA) is 51.6 Å². The summed E-state index contributed by atoms with van der Waals surface area (Å²) in [5.74, 6) is 0.719. The Morgan fingerprint density at radius 3 is 2.67 bits per heavy atom. The van der Waals surface area contributed by atoms with E-state index in [1.807, 2.05) is 37.3 Å². The van der Waals surface area contributed by atoms with Crippen LogP contribution in [-0.2, 0) is 0 Å². The molecule has 0 atom stereocenters. The maximum Gasteiger partial charge on any atom is 0.161 e. The second kappa shape index (κ2) is 4.72. The Balaban J connectivity index is 2.07. The molecule has 0 aliphatic rings. The van der Waals surface area contributed by atoms with E-state index in [2.05, 4.69) is 19.9 Å². The van der Waals surface area contributed by atoms with E-state index in [-0.39, 0.29) is 0 Å². The normalized spacial score (nSPS) is 11.3. The van der Waals surface area contributed by atoms with Gasteiger partial charge in [0, 0.05) is 5.56 Å². The van der Waals surface area contributed by atoms with E-state index in [4.69, 9.17) is 11.6 Å². The standard InChI is InChI=1S/C15H9ClN4S/c1-8-10-11-12(13(16)18-7-17-11)21-15(10)20-14(19-8)9-5-3-2-4-6-9/h2-7H,1H3. The molecular formula is C15H9ClN4S. The van der Waals surface area contributed by atoms with E-state index in [1.54, 1.807) is 0 Å². The van der Waals surface area contributed by atoms with Crippen LogP contribution in [0.1, 0.15) is 5.69 Å². The van der Waals surface area contributed by atoms with Gasteiger partial charge in [0.05, 0.1) is 21.3 Å². The van der Waals surface area contributed by atoms with Crippen molar-refractivity contribution in [1.82, 2.24) is 19.9 Å². The third-order valence-corrected chi connectivity index (χ3v) is 4.76. The van der Waals surface area contributed by atoms with Crippen molar-refractivity contribution in [3.05, 3.63) is 47.5 Å². The average Bonchev–Trinajstić information content (AvgIpc) is 2.89. The summed E-state index contributed by atoms with van der Waals surface area (Å²) in [6.45, 7) is 1.97. The lowest BCUT2D eigenvalue weighted by Crippen LogP contribution is -1.92. The molecule has 0 saturated carbocycles. The zero-order valence-corrected chi connectivity index (χ0v) is 12.6. The molecule has 0 N–H and O–H groups in total. The lowest BCUT2D eigenvalue weighted by atomic mass is 10.2. The molecule has 4 rings (SSSR count). The first-order valence-corrected chi connectivity index (χ1v) is 7.56. The molecule has 0 radical (unpaired) electrons. The highest BCUT2D eigenvalue weighted by atomic mass is 35.5. The predicted molar refractivity (Wildman–Crippen MR) is 85.7 cm³/mol.